The third kappa shape index (κ3) is 2.13. The molecule has 1 aromatic heterocycles. The molecule has 0 saturated carbocycles. The maximum atomic E-state index is 5.04. The van der Waals surface area contributed by atoms with Gasteiger partial charge in [0.1, 0.15) is 0 Å². The van der Waals surface area contributed by atoms with Crippen molar-refractivity contribution in [2.45, 2.75) is 25.4 Å². The van der Waals surface area contributed by atoms with Crippen molar-refractivity contribution in [1.82, 2.24) is 15.5 Å². The highest BCUT2D eigenvalue weighted by Crippen LogP contribution is 2.23. The van der Waals surface area contributed by atoms with Gasteiger partial charge < -0.3 is 10.1 Å². The van der Waals surface area contributed by atoms with E-state index < -0.39 is 0 Å². The van der Waals surface area contributed by atoms with Gasteiger partial charge in [0.2, 0.25) is 0 Å². The molecule has 14 heavy (non-hydrogen) atoms. The normalized spacial score (nSPS) is 18.6. The molecule has 1 fully saturated rings. The summed E-state index contributed by atoms with van der Waals surface area (Å²) in [4.78, 5) is 0. The first-order valence-corrected chi connectivity index (χ1v) is 5.14. The number of piperidine rings is 1. The number of hydrogen-bond acceptors (Lipinski definition) is 3. The minimum Gasteiger partial charge on any atom is -0.378 e. The van der Waals surface area contributed by atoms with Crippen LogP contribution in [-0.2, 0) is 11.3 Å². The lowest BCUT2D eigenvalue weighted by molar-refractivity contribution is 0.181. The second-order valence-electron chi connectivity index (χ2n) is 3.78. The van der Waals surface area contributed by atoms with Crippen LogP contribution in [0.3, 0.4) is 0 Å². The third-order valence-electron chi connectivity index (χ3n) is 2.71. The van der Waals surface area contributed by atoms with Crippen LogP contribution in [0.1, 0.15) is 30.1 Å². The summed E-state index contributed by atoms with van der Waals surface area (Å²) in [5.74, 6) is 0.623. The molecule has 1 aliphatic heterocycles. The fourth-order valence-corrected chi connectivity index (χ4v) is 1.94. The van der Waals surface area contributed by atoms with Gasteiger partial charge in [-0.15, -0.1) is 0 Å². The molecule has 1 aliphatic rings. The number of ether oxygens (including phenoxy) is 1. The lowest BCUT2D eigenvalue weighted by Gasteiger charge is -2.20. The smallest absolute Gasteiger partial charge is 0.0878 e. The summed E-state index contributed by atoms with van der Waals surface area (Å²) in [6.45, 7) is 2.84. The number of hydrogen-bond donors (Lipinski definition) is 2. The van der Waals surface area contributed by atoms with Crippen LogP contribution in [0.15, 0.2) is 6.07 Å². The number of aromatic nitrogens is 2. The minimum atomic E-state index is 0.623. The van der Waals surface area contributed by atoms with E-state index in [1.54, 1.807) is 7.11 Å². The molecule has 0 spiro atoms. The zero-order valence-electron chi connectivity index (χ0n) is 8.55. The van der Waals surface area contributed by atoms with E-state index in [4.69, 9.17) is 4.74 Å². The molecular formula is C10H17N3O. The van der Waals surface area contributed by atoms with Crippen molar-refractivity contribution in [2.75, 3.05) is 20.2 Å². The van der Waals surface area contributed by atoms with Crippen molar-refractivity contribution in [3.8, 4) is 0 Å². The molecule has 1 aromatic rings. The molecule has 2 rings (SSSR count). The van der Waals surface area contributed by atoms with Gasteiger partial charge in [0.25, 0.3) is 0 Å². The van der Waals surface area contributed by atoms with E-state index in [0.29, 0.717) is 12.5 Å². The maximum absolute atomic E-state index is 5.04. The number of methoxy groups -OCH3 is 1. The fourth-order valence-electron chi connectivity index (χ4n) is 1.94. The Morgan fingerprint density at radius 3 is 3.00 bits per heavy atom. The predicted octanol–water partition coefficient (Wildman–Crippen LogP) is 1.02. The number of aromatic amines is 1. The van der Waals surface area contributed by atoms with Gasteiger partial charge in [-0.1, -0.05) is 0 Å². The molecule has 0 aliphatic carbocycles. The van der Waals surface area contributed by atoms with Gasteiger partial charge in [-0.3, -0.25) is 5.10 Å². The molecule has 0 aromatic carbocycles. The van der Waals surface area contributed by atoms with Crippen LogP contribution < -0.4 is 5.32 Å². The Hall–Kier alpha value is -0.870. The molecule has 1 saturated heterocycles. The van der Waals surface area contributed by atoms with Crippen LogP contribution in [0.5, 0.6) is 0 Å². The monoisotopic (exact) mass is 195 g/mol. The third-order valence-corrected chi connectivity index (χ3v) is 2.71. The highest BCUT2D eigenvalue weighted by atomic mass is 16.5. The van der Waals surface area contributed by atoms with Crippen LogP contribution >= 0.6 is 0 Å². The summed E-state index contributed by atoms with van der Waals surface area (Å²) in [6.07, 6.45) is 2.38. The Bertz CT molecular complexity index is 279. The summed E-state index contributed by atoms with van der Waals surface area (Å²) in [5, 5.41) is 10.7. The van der Waals surface area contributed by atoms with E-state index >= 15 is 0 Å². The summed E-state index contributed by atoms with van der Waals surface area (Å²) >= 11 is 0. The average molecular weight is 195 g/mol. The minimum absolute atomic E-state index is 0.623. The summed E-state index contributed by atoms with van der Waals surface area (Å²) < 4.78 is 5.04. The molecule has 0 unspecified atom stereocenters. The average Bonchev–Trinajstić information content (AvgIpc) is 2.68. The summed E-state index contributed by atoms with van der Waals surface area (Å²) in [5.41, 5.74) is 2.26. The van der Waals surface area contributed by atoms with Crippen molar-refractivity contribution in [2.24, 2.45) is 0 Å². The van der Waals surface area contributed by atoms with Crippen LogP contribution in [0, 0.1) is 0 Å². The highest BCUT2D eigenvalue weighted by Gasteiger charge is 2.17. The SMILES string of the molecule is COCc1cc(C2CCNCC2)n[nH]1. The predicted molar refractivity (Wildman–Crippen MR) is 54.1 cm³/mol. The Morgan fingerprint density at radius 1 is 1.50 bits per heavy atom. The van der Waals surface area contributed by atoms with Crippen LogP contribution in [0.4, 0.5) is 0 Å². The van der Waals surface area contributed by atoms with Crippen molar-refractivity contribution in [3.05, 3.63) is 17.5 Å². The first kappa shape index (κ1) is 9.68. The van der Waals surface area contributed by atoms with Gasteiger partial charge in [0.15, 0.2) is 0 Å². The van der Waals surface area contributed by atoms with E-state index in [-0.39, 0.29) is 0 Å². The van der Waals surface area contributed by atoms with E-state index in [0.717, 1.165) is 18.8 Å². The van der Waals surface area contributed by atoms with E-state index in [2.05, 4.69) is 21.6 Å². The van der Waals surface area contributed by atoms with Crippen molar-refractivity contribution >= 4 is 0 Å². The maximum Gasteiger partial charge on any atom is 0.0878 e. The molecule has 4 nitrogen and oxygen atoms in total. The molecule has 0 radical (unpaired) electrons. The van der Waals surface area contributed by atoms with E-state index in [1.165, 1.54) is 18.5 Å². The van der Waals surface area contributed by atoms with E-state index in [1.807, 2.05) is 0 Å². The van der Waals surface area contributed by atoms with E-state index in [9.17, 15) is 0 Å². The summed E-state index contributed by atoms with van der Waals surface area (Å²) in [6, 6.07) is 2.12. The first-order valence-electron chi connectivity index (χ1n) is 5.14. The molecular weight excluding hydrogens is 178 g/mol. The van der Waals surface area contributed by atoms with Gasteiger partial charge in [-0.25, -0.2) is 0 Å². The molecule has 78 valence electrons. The largest absolute Gasteiger partial charge is 0.378 e. The molecule has 2 N–H and O–H groups in total. The van der Waals surface area contributed by atoms with Gasteiger partial charge in [0.05, 0.1) is 18.0 Å². The molecule has 4 heteroatoms. The van der Waals surface area contributed by atoms with Gasteiger partial charge in [-0.2, -0.15) is 5.10 Å². The number of H-pyrrole nitrogens is 1. The zero-order valence-corrected chi connectivity index (χ0v) is 8.55. The number of nitrogens with zero attached hydrogens (tertiary/aromatic N) is 1. The first-order chi connectivity index (χ1) is 6.90. The zero-order chi connectivity index (χ0) is 9.80. The Labute approximate surface area is 84.0 Å². The van der Waals surface area contributed by atoms with Crippen molar-refractivity contribution in [3.63, 3.8) is 0 Å². The second-order valence-corrected chi connectivity index (χ2v) is 3.78. The lowest BCUT2D eigenvalue weighted by atomic mass is 9.95. The van der Waals surface area contributed by atoms with Crippen LogP contribution in [0.2, 0.25) is 0 Å². The van der Waals surface area contributed by atoms with Gasteiger partial charge in [-0.05, 0) is 32.0 Å². The van der Waals surface area contributed by atoms with Crippen LogP contribution in [0.25, 0.3) is 0 Å². The molecule has 0 atom stereocenters. The number of nitrogens with one attached hydrogen (secondary N) is 2. The quantitative estimate of drug-likeness (QED) is 0.757. The molecule has 0 bridgehead atoms. The van der Waals surface area contributed by atoms with Crippen LogP contribution in [-0.4, -0.2) is 30.4 Å². The fraction of sp³-hybridized carbons (Fsp3) is 0.700. The van der Waals surface area contributed by atoms with Crippen molar-refractivity contribution in [1.29, 1.82) is 0 Å². The van der Waals surface area contributed by atoms with Crippen molar-refractivity contribution < 1.29 is 4.74 Å². The Kier molecular flexibility index (Phi) is 3.16. The van der Waals surface area contributed by atoms with Gasteiger partial charge in [0, 0.05) is 13.0 Å². The standard InChI is InChI=1S/C10H17N3O/c1-14-7-9-6-10(13-12-9)8-2-4-11-5-3-8/h6,8,11H,2-5,7H2,1H3,(H,12,13). The molecule has 2 heterocycles. The van der Waals surface area contributed by atoms with Gasteiger partial charge >= 0.3 is 0 Å². The molecule has 0 amide bonds. The summed E-state index contributed by atoms with van der Waals surface area (Å²) in [7, 11) is 1.70. The topological polar surface area (TPSA) is 49.9 Å². The Balaban J connectivity index is 2.00. The number of rotatable bonds is 3. The lowest BCUT2D eigenvalue weighted by Crippen LogP contribution is -2.26. The second kappa shape index (κ2) is 4.57. The Morgan fingerprint density at radius 2 is 2.29 bits per heavy atom. The highest BCUT2D eigenvalue weighted by molar-refractivity contribution is 5.13.